The van der Waals surface area contributed by atoms with Crippen molar-refractivity contribution in [2.45, 2.75) is 64.7 Å². The molecule has 1 fully saturated rings. The van der Waals surface area contributed by atoms with Crippen LogP contribution in [0.5, 0.6) is 11.5 Å². The predicted molar refractivity (Wildman–Crippen MR) is 135 cm³/mol. The van der Waals surface area contributed by atoms with Gasteiger partial charge in [-0.25, -0.2) is 4.79 Å². The molecule has 0 saturated heterocycles. The van der Waals surface area contributed by atoms with Crippen LogP contribution in [0, 0.1) is 0 Å². The molecule has 3 aromatic rings. The van der Waals surface area contributed by atoms with Crippen LogP contribution >= 0.6 is 11.3 Å². The van der Waals surface area contributed by atoms with Crippen molar-refractivity contribution in [3.8, 4) is 11.5 Å². The van der Waals surface area contributed by atoms with Crippen LogP contribution in [0.3, 0.4) is 0 Å². The molecule has 6 nitrogen and oxygen atoms in total. The zero-order valence-electron chi connectivity index (χ0n) is 20.2. The quantitative estimate of drug-likeness (QED) is 0.332. The molecule has 2 aromatic carbocycles. The van der Waals surface area contributed by atoms with Crippen LogP contribution in [0.1, 0.15) is 61.7 Å². The molecule has 180 valence electrons. The standard InChI is InChI=1S/C27H32N2O4S/c1-27(2,3)33-26(30)19-8-7-9-20(14-19)29(17-23-16-28-18-34-23)21-12-13-24(31-4)25(15-21)32-22-10-5-6-11-22/h7-9,12-16,18,22H,5-6,10-11,17H2,1-4H3. The number of ether oxygens (including phenoxy) is 3. The number of benzene rings is 2. The van der Waals surface area contributed by atoms with Gasteiger partial charge in [-0.15, -0.1) is 11.3 Å². The molecular weight excluding hydrogens is 448 g/mol. The van der Waals surface area contributed by atoms with Gasteiger partial charge in [-0.2, -0.15) is 0 Å². The number of hydrogen-bond acceptors (Lipinski definition) is 7. The minimum Gasteiger partial charge on any atom is -0.493 e. The molecule has 1 heterocycles. The van der Waals surface area contributed by atoms with E-state index in [0.29, 0.717) is 12.1 Å². The van der Waals surface area contributed by atoms with Gasteiger partial charge in [0, 0.05) is 28.5 Å². The second kappa shape index (κ2) is 10.5. The van der Waals surface area contributed by atoms with Crippen LogP contribution in [0.4, 0.5) is 11.4 Å². The van der Waals surface area contributed by atoms with Gasteiger partial charge < -0.3 is 19.1 Å². The van der Waals surface area contributed by atoms with Crippen molar-refractivity contribution in [2.24, 2.45) is 0 Å². The fourth-order valence-corrected chi connectivity index (χ4v) is 4.64. The van der Waals surface area contributed by atoms with Crippen molar-refractivity contribution in [1.29, 1.82) is 0 Å². The molecule has 0 atom stereocenters. The Balaban J connectivity index is 1.70. The topological polar surface area (TPSA) is 60.9 Å². The van der Waals surface area contributed by atoms with Crippen LogP contribution < -0.4 is 14.4 Å². The lowest BCUT2D eigenvalue weighted by Gasteiger charge is -2.27. The largest absolute Gasteiger partial charge is 0.493 e. The van der Waals surface area contributed by atoms with Crippen molar-refractivity contribution in [2.75, 3.05) is 12.0 Å². The fraction of sp³-hybridized carbons (Fsp3) is 0.407. The lowest BCUT2D eigenvalue weighted by molar-refractivity contribution is 0.00695. The van der Waals surface area contributed by atoms with Gasteiger partial charge >= 0.3 is 5.97 Å². The number of thiazole rings is 1. The Labute approximate surface area is 205 Å². The van der Waals surface area contributed by atoms with Gasteiger partial charge in [0.05, 0.1) is 30.8 Å². The molecule has 0 N–H and O–H groups in total. The Bertz CT molecular complexity index is 1100. The Morgan fingerprint density at radius 3 is 2.53 bits per heavy atom. The summed E-state index contributed by atoms with van der Waals surface area (Å²) in [5.41, 5.74) is 3.61. The molecule has 0 aliphatic heterocycles. The summed E-state index contributed by atoms with van der Waals surface area (Å²) in [6, 6.07) is 13.5. The maximum Gasteiger partial charge on any atom is 0.338 e. The van der Waals surface area contributed by atoms with E-state index in [4.69, 9.17) is 14.2 Å². The molecule has 0 unspecified atom stereocenters. The second-order valence-electron chi connectivity index (χ2n) is 9.47. The number of esters is 1. The molecule has 7 heteroatoms. The highest BCUT2D eigenvalue weighted by molar-refractivity contribution is 7.09. The summed E-state index contributed by atoms with van der Waals surface area (Å²) in [5.74, 6) is 1.12. The minimum absolute atomic E-state index is 0.217. The number of aromatic nitrogens is 1. The van der Waals surface area contributed by atoms with Gasteiger partial charge in [0.25, 0.3) is 0 Å². The SMILES string of the molecule is COc1ccc(N(Cc2cncs2)c2cccc(C(=O)OC(C)(C)C)c2)cc1OC1CCCC1. The van der Waals surface area contributed by atoms with E-state index < -0.39 is 5.60 Å². The zero-order chi connectivity index (χ0) is 24.1. The van der Waals surface area contributed by atoms with Crippen molar-refractivity contribution in [3.63, 3.8) is 0 Å². The summed E-state index contributed by atoms with van der Waals surface area (Å²) in [6.45, 7) is 6.22. The number of anilines is 2. The van der Waals surface area contributed by atoms with Crippen molar-refractivity contribution in [3.05, 3.63) is 64.6 Å². The third kappa shape index (κ3) is 6.08. The van der Waals surface area contributed by atoms with E-state index in [1.54, 1.807) is 24.5 Å². The average molecular weight is 481 g/mol. The highest BCUT2D eigenvalue weighted by Crippen LogP contribution is 2.38. The predicted octanol–water partition coefficient (Wildman–Crippen LogP) is 6.77. The Kier molecular flexibility index (Phi) is 7.41. The highest BCUT2D eigenvalue weighted by Gasteiger charge is 2.22. The number of carbonyl (C=O) groups excluding carboxylic acids is 1. The first-order valence-corrected chi connectivity index (χ1v) is 12.5. The molecule has 0 radical (unpaired) electrons. The number of nitrogens with zero attached hydrogens (tertiary/aromatic N) is 2. The summed E-state index contributed by atoms with van der Waals surface area (Å²) in [7, 11) is 1.66. The number of rotatable bonds is 8. The molecule has 4 rings (SSSR count). The minimum atomic E-state index is -0.558. The van der Waals surface area contributed by atoms with Crippen LogP contribution in [0.2, 0.25) is 0 Å². The summed E-state index contributed by atoms with van der Waals surface area (Å²) in [5, 5.41) is 0. The third-order valence-corrected chi connectivity index (χ3v) is 6.41. The summed E-state index contributed by atoms with van der Waals surface area (Å²) in [4.78, 5) is 20.2. The first kappa shape index (κ1) is 24.1. The van der Waals surface area contributed by atoms with Gasteiger partial charge in [0.1, 0.15) is 5.60 Å². The smallest absolute Gasteiger partial charge is 0.338 e. The third-order valence-electron chi connectivity index (χ3n) is 5.64. The van der Waals surface area contributed by atoms with Crippen LogP contribution in [0.25, 0.3) is 0 Å². The van der Waals surface area contributed by atoms with Crippen molar-refractivity contribution >= 4 is 28.7 Å². The van der Waals surface area contributed by atoms with E-state index in [1.807, 2.05) is 68.9 Å². The molecule has 0 bridgehead atoms. The average Bonchev–Trinajstić information content (AvgIpc) is 3.51. The molecule has 34 heavy (non-hydrogen) atoms. The van der Waals surface area contributed by atoms with Gasteiger partial charge in [-0.3, -0.25) is 4.98 Å². The van der Waals surface area contributed by atoms with Crippen LogP contribution in [-0.2, 0) is 11.3 Å². The Morgan fingerprint density at radius 1 is 1.09 bits per heavy atom. The van der Waals surface area contributed by atoms with Crippen LogP contribution in [0.15, 0.2) is 54.2 Å². The molecule has 1 aromatic heterocycles. The first-order chi connectivity index (χ1) is 16.3. The summed E-state index contributed by atoms with van der Waals surface area (Å²) in [6.07, 6.45) is 6.61. The lowest BCUT2D eigenvalue weighted by atomic mass is 10.1. The van der Waals surface area contributed by atoms with Crippen molar-refractivity contribution < 1.29 is 19.0 Å². The van der Waals surface area contributed by atoms with Crippen molar-refractivity contribution in [1.82, 2.24) is 4.98 Å². The Hall–Kier alpha value is -3.06. The van der Waals surface area contributed by atoms with E-state index in [-0.39, 0.29) is 12.1 Å². The zero-order valence-corrected chi connectivity index (χ0v) is 21.1. The first-order valence-electron chi connectivity index (χ1n) is 11.7. The monoisotopic (exact) mass is 480 g/mol. The molecule has 0 spiro atoms. The van der Waals surface area contributed by atoms with E-state index in [2.05, 4.69) is 9.88 Å². The number of methoxy groups -OCH3 is 1. The fourth-order valence-electron chi connectivity index (χ4n) is 4.06. The molecule has 1 aliphatic carbocycles. The number of carbonyl (C=O) groups is 1. The maximum atomic E-state index is 12.7. The van der Waals surface area contributed by atoms with Crippen LogP contribution in [-0.4, -0.2) is 29.8 Å². The normalized spacial score (nSPS) is 14.1. The summed E-state index contributed by atoms with van der Waals surface area (Å²) >= 11 is 1.60. The van der Waals surface area contributed by atoms with E-state index >= 15 is 0 Å². The van der Waals surface area contributed by atoms with Gasteiger partial charge in [-0.1, -0.05) is 6.07 Å². The van der Waals surface area contributed by atoms with Gasteiger partial charge in [0.15, 0.2) is 11.5 Å². The molecule has 1 saturated carbocycles. The maximum absolute atomic E-state index is 12.7. The van der Waals surface area contributed by atoms with E-state index in [9.17, 15) is 4.79 Å². The Morgan fingerprint density at radius 2 is 1.85 bits per heavy atom. The van der Waals surface area contributed by atoms with Gasteiger partial charge in [-0.05, 0) is 76.8 Å². The lowest BCUT2D eigenvalue weighted by Crippen LogP contribution is -2.24. The molecular formula is C27H32N2O4S. The molecule has 1 aliphatic rings. The molecule has 0 amide bonds. The highest BCUT2D eigenvalue weighted by atomic mass is 32.1. The number of hydrogen-bond donors (Lipinski definition) is 0. The van der Waals surface area contributed by atoms with E-state index in [1.165, 1.54) is 12.8 Å². The van der Waals surface area contributed by atoms with E-state index in [0.717, 1.165) is 40.6 Å². The summed E-state index contributed by atoms with van der Waals surface area (Å²) < 4.78 is 17.5. The second-order valence-corrected chi connectivity index (χ2v) is 10.4. The van der Waals surface area contributed by atoms with Gasteiger partial charge in [0.2, 0.25) is 0 Å².